The van der Waals surface area contributed by atoms with Crippen LogP contribution in [0.2, 0.25) is 5.02 Å². The van der Waals surface area contributed by atoms with E-state index in [1.807, 2.05) is 12.1 Å². The summed E-state index contributed by atoms with van der Waals surface area (Å²) in [5.41, 5.74) is 5.44. The fraction of sp³-hybridized carbons (Fsp3) is 0.391. The number of benzene rings is 2. The van der Waals surface area contributed by atoms with Crippen molar-refractivity contribution in [3.63, 3.8) is 0 Å². The molecule has 1 atom stereocenters. The molecule has 1 heterocycles. The van der Waals surface area contributed by atoms with Crippen LogP contribution in [0.15, 0.2) is 42.5 Å². The summed E-state index contributed by atoms with van der Waals surface area (Å²) < 4.78 is 7.97. The predicted molar refractivity (Wildman–Crippen MR) is 111 cm³/mol. The lowest BCUT2D eigenvalue weighted by Gasteiger charge is -2.26. The second kappa shape index (κ2) is 7.95. The first-order chi connectivity index (χ1) is 13.2. The van der Waals surface area contributed by atoms with Gasteiger partial charge in [-0.15, -0.1) is 0 Å². The second-order valence-electron chi connectivity index (χ2n) is 7.41. The van der Waals surface area contributed by atoms with Gasteiger partial charge in [0.25, 0.3) is 0 Å². The number of halogens is 1. The molecule has 1 unspecified atom stereocenters. The average molecular weight is 384 g/mol. The summed E-state index contributed by atoms with van der Waals surface area (Å²) in [5, 5.41) is 11.4. The summed E-state index contributed by atoms with van der Waals surface area (Å²) in [6.45, 7) is 1.10. The third-order valence-electron chi connectivity index (χ3n) is 5.75. The average Bonchev–Trinajstić information content (AvgIpc) is 3.01. The fourth-order valence-corrected chi connectivity index (χ4v) is 4.63. The van der Waals surface area contributed by atoms with Crippen LogP contribution >= 0.6 is 11.6 Å². The highest BCUT2D eigenvalue weighted by Gasteiger charge is 2.27. The Morgan fingerprint density at radius 2 is 2.00 bits per heavy atom. The van der Waals surface area contributed by atoms with E-state index in [9.17, 15) is 5.11 Å². The van der Waals surface area contributed by atoms with Crippen LogP contribution in [-0.2, 0) is 13.0 Å². The summed E-state index contributed by atoms with van der Waals surface area (Å²) in [7, 11) is 1.72. The molecule has 3 aromatic rings. The molecule has 1 aliphatic rings. The topological polar surface area (TPSA) is 34.4 Å². The lowest BCUT2D eigenvalue weighted by atomic mass is 9.84. The van der Waals surface area contributed by atoms with Gasteiger partial charge in [0.15, 0.2) is 0 Å². The number of rotatable bonds is 6. The number of aryl methyl sites for hydroxylation is 1. The molecular formula is C23H26ClNO2. The maximum atomic E-state index is 9.35. The van der Waals surface area contributed by atoms with Gasteiger partial charge < -0.3 is 14.4 Å². The van der Waals surface area contributed by atoms with Gasteiger partial charge in [-0.05, 0) is 79.5 Å². The minimum Gasteiger partial charge on any atom is -0.497 e. The standard InChI is InChI=1S/C23H26ClNO2/c1-27-19-11-12-22-21(14-19)20-6-2-4-17(5-3-13-26)23(20)25(22)15-16-7-9-18(24)10-8-16/h7-12,14,17,26H,2-6,13,15H2,1H3. The van der Waals surface area contributed by atoms with Crippen LogP contribution < -0.4 is 4.74 Å². The van der Waals surface area contributed by atoms with Crippen molar-refractivity contribution in [1.29, 1.82) is 0 Å². The molecule has 142 valence electrons. The molecule has 4 heteroatoms. The molecular weight excluding hydrogens is 358 g/mol. The Hall–Kier alpha value is -1.97. The van der Waals surface area contributed by atoms with Gasteiger partial charge in [-0.2, -0.15) is 0 Å². The van der Waals surface area contributed by atoms with Crippen LogP contribution in [-0.4, -0.2) is 23.4 Å². The van der Waals surface area contributed by atoms with Gasteiger partial charge >= 0.3 is 0 Å². The third-order valence-corrected chi connectivity index (χ3v) is 6.00. The second-order valence-corrected chi connectivity index (χ2v) is 7.85. The SMILES string of the molecule is COc1ccc2c(c1)c1c(n2Cc2ccc(Cl)cc2)C(CCCO)CCC1. The van der Waals surface area contributed by atoms with E-state index in [0.29, 0.717) is 5.92 Å². The van der Waals surface area contributed by atoms with Gasteiger partial charge in [0.2, 0.25) is 0 Å². The van der Waals surface area contributed by atoms with Gasteiger partial charge in [-0.1, -0.05) is 23.7 Å². The van der Waals surface area contributed by atoms with Gasteiger partial charge in [0, 0.05) is 34.8 Å². The molecule has 0 bridgehead atoms. The van der Waals surface area contributed by atoms with Crippen molar-refractivity contribution in [3.05, 3.63) is 64.3 Å². The van der Waals surface area contributed by atoms with Crippen LogP contribution in [0, 0.1) is 0 Å². The van der Waals surface area contributed by atoms with Crippen molar-refractivity contribution in [3.8, 4) is 5.75 Å². The van der Waals surface area contributed by atoms with E-state index in [1.54, 1.807) is 7.11 Å². The van der Waals surface area contributed by atoms with E-state index in [4.69, 9.17) is 16.3 Å². The lowest BCUT2D eigenvalue weighted by molar-refractivity contribution is 0.276. The summed E-state index contributed by atoms with van der Waals surface area (Å²) >= 11 is 6.07. The molecule has 0 spiro atoms. The zero-order valence-electron chi connectivity index (χ0n) is 15.7. The molecule has 0 saturated heterocycles. The first-order valence-electron chi connectivity index (χ1n) is 9.75. The van der Waals surface area contributed by atoms with Crippen LogP contribution in [0.1, 0.15) is 48.4 Å². The summed E-state index contributed by atoms with van der Waals surface area (Å²) in [4.78, 5) is 0. The molecule has 0 amide bonds. The van der Waals surface area contributed by atoms with E-state index in [1.165, 1.54) is 40.6 Å². The summed E-state index contributed by atoms with van der Waals surface area (Å²) in [6, 6.07) is 14.6. The Bertz CT molecular complexity index is 930. The molecule has 0 fully saturated rings. The molecule has 0 saturated carbocycles. The van der Waals surface area contributed by atoms with Crippen molar-refractivity contribution < 1.29 is 9.84 Å². The van der Waals surface area contributed by atoms with Gasteiger partial charge in [-0.3, -0.25) is 0 Å². The first kappa shape index (κ1) is 18.4. The lowest BCUT2D eigenvalue weighted by Crippen LogP contribution is -2.15. The molecule has 1 aliphatic carbocycles. The fourth-order valence-electron chi connectivity index (χ4n) is 4.50. The first-order valence-corrected chi connectivity index (χ1v) is 10.1. The highest BCUT2D eigenvalue weighted by atomic mass is 35.5. The minimum atomic E-state index is 0.261. The van der Waals surface area contributed by atoms with Crippen molar-refractivity contribution in [1.82, 2.24) is 4.57 Å². The number of aliphatic hydroxyl groups excluding tert-OH is 1. The molecule has 4 rings (SSSR count). The van der Waals surface area contributed by atoms with E-state index < -0.39 is 0 Å². The molecule has 1 N–H and O–H groups in total. The number of aromatic nitrogens is 1. The molecule has 0 radical (unpaired) electrons. The van der Waals surface area contributed by atoms with Crippen LogP contribution in [0.5, 0.6) is 5.75 Å². The quantitative estimate of drug-likeness (QED) is 0.606. The van der Waals surface area contributed by atoms with Crippen molar-refractivity contribution >= 4 is 22.5 Å². The predicted octanol–water partition coefficient (Wildman–Crippen LogP) is 5.54. The van der Waals surface area contributed by atoms with Crippen LogP contribution in [0.3, 0.4) is 0 Å². The zero-order valence-corrected chi connectivity index (χ0v) is 16.5. The Morgan fingerprint density at radius 1 is 1.19 bits per heavy atom. The molecule has 3 nitrogen and oxygen atoms in total. The van der Waals surface area contributed by atoms with Crippen molar-refractivity contribution in [2.24, 2.45) is 0 Å². The van der Waals surface area contributed by atoms with Crippen molar-refractivity contribution in [2.45, 2.75) is 44.6 Å². The van der Waals surface area contributed by atoms with Crippen LogP contribution in [0.25, 0.3) is 10.9 Å². The largest absolute Gasteiger partial charge is 0.497 e. The third kappa shape index (κ3) is 3.59. The normalized spacial score (nSPS) is 16.5. The molecule has 2 aromatic carbocycles. The zero-order chi connectivity index (χ0) is 18.8. The number of hydrogen-bond donors (Lipinski definition) is 1. The van der Waals surface area contributed by atoms with Gasteiger partial charge in [-0.25, -0.2) is 0 Å². The molecule has 1 aromatic heterocycles. The van der Waals surface area contributed by atoms with Crippen LogP contribution in [0.4, 0.5) is 0 Å². The summed E-state index contributed by atoms with van der Waals surface area (Å²) in [6.07, 6.45) is 5.41. The van der Waals surface area contributed by atoms with Gasteiger partial charge in [0.05, 0.1) is 7.11 Å². The van der Waals surface area contributed by atoms with E-state index >= 15 is 0 Å². The summed E-state index contributed by atoms with van der Waals surface area (Å²) in [5.74, 6) is 1.41. The molecule has 27 heavy (non-hydrogen) atoms. The van der Waals surface area contributed by atoms with E-state index in [-0.39, 0.29) is 6.61 Å². The highest BCUT2D eigenvalue weighted by molar-refractivity contribution is 6.30. The number of aliphatic hydroxyl groups is 1. The van der Waals surface area contributed by atoms with Gasteiger partial charge in [0.1, 0.15) is 5.75 Å². The number of ether oxygens (including phenoxy) is 1. The Labute approximate surface area is 165 Å². The van der Waals surface area contributed by atoms with Crippen molar-refractivity contribution in [2.75, 3.05) is 13.7 Å². The maximum Gasteiger partial charge on any atom is 0.119 e. The Balaban J connectivity index is 1.85. The van der Waals surface area contributed by atoms with E-state index in [2.05, 4.69) is 34.9 Å². The number of nitrogens with zero attached hydrogens (tertiary/aromatic N) is 1. The number of methoxy groups -OCH3 is 1. The smallest absolute Gasteiger partial charge is 0.119 e. The number of hydrogen-bond acceptors (Lipinski definition) is 2. The Morgan fingerprint density at radius 3 is 2.74 bits per heavy atom. The minimum absolute atomic E-state index is 0.261. The number of fused-ring (bicyclic) bond motifs is 3. The highest BCUT2D eigenvalue weighted by Crippen LogP contribution is 2.42. The Kier molecular flexibility index (Phi) is 5.42. The maximum absolute atomic E-state index is 9.35. The molecule has 0 aliphatic heterocycles. The van der Waals surface area contributed by atoms with E-state index in [0.717, 1.165) is 36.6 Å². The monoisotopic (exact) mass is 383 g/mol.